The number of aliphatic carboxylic acids is 1. The summed E-state index contributed by atoms with van der Waals surface area (Å²) in [6.07, 6.45) is 0. The highest BCUT2D eigenvalue weighted by Crippen LogP contribution is 2.10. The Balaban J connectivity index is 3.91. The van der Waals surface area contributed by atoms with Crippen LogP contribution in [0.4, 0.5) is 0 Å². The molecule has 0 rings (SSSR count). The van der Waals surface area contributed by atoms with Gasteiger partial charge >= 0.3 is 5.97 Å². The first kappa shape index (κ1) is 7.43. The van der Waals surface area contributed by atoms with Gasteiger partial charge in [-0.1, -0.05) is 0 Å². The van der Waals surface area contributed by atoms with E-state index in [0.29, 0.717) is 0 Å². The average Bonchev–Trinajstić information content (AvgIpc) is 1.67. The van der Waals surface area contributed by atoms with Gasteiger partial charge in [0, 0.05) is 6.54 Å². The monoisotopic (exact) mass is 119 g/mol. The highest BCUT2D eigenvalue weighted by atomic mass is 16.4. The highest BCUT2D eigenvalue weighted by Gasteiger charge is 2.24. The minimum atomic E-state index is -0.847. The summed E-state index contributed by atoms with van der Waals surface area (Å²) < 4.78 is 0. The lowest BCUT2D eigenvalue weighted by atomic mass is 10.1. The van der Waals surface area contributed by atoms with Crippen LogP contribution >= 0.6 is 0 Å². The lowest BCUT2D eigenvalue weighted by Gasteiger charge is -2.14. The Kier molecular flexibility index (Phi) is 1.98. The Morgan fingerprint density at radius 2 is 2.38 bits per heavy atom. The van der Waals surface area contributed by atoms with Gasteiger partial charge in [-0.25, -0.2) is 0 Å². The Bertz CT molecular complexity index is 98.6. The lowest BCUT2D eigenvalue weighted by molar-refractivity contribution is -0.146. The van der Waals surface area contributed by atoms with Crippen LogP contribution in [0, 0.1) is 5.41 Å². The Morgan fingerprint density at radius 3 is 2.38 bits per heavy atom. The average molecular weight is 119 g/mol. The molecule has 1 unspecified atom stereocenters. The summed E-state index contributed by atoms with van der Waals surface area (Å²) in [4.78, 5) is 10.2. The molecule has 0 amide bonds. The molecule has 3 N–H and O–H groups in total. The fourth-order valence-electron chi connectivity index (χ4n) is 0.0873. The first-order valence-electron chi connectivity index (χ1n) is 2.44. The van der Waals surface area contributed by atoms with Crippen molar-refractivity contribution in [3.05, 3.63) is 0 Å². The molecule has 0 fully saturated rings. The van der Waals surface area contributed by atoms with Crippen LogP contribution in [0.1, 0.15) is 13.8 Å². The van der Waals surface area contributed by atoms with Crippen molar-refractivity contribution < 1.29 is 9.90 Å². The van der Waals surface area contributed by atoms with Crippen LogP contribution in [0.3, 0.4) is 0 Å². The first-order chi connectivity index (χ1) is 3.50. The third-order valence-electron chi connectivity index (χ3n) is 1.09. The normalized spacial score (nSPS) is 17.4. The number of nitrogens with two attached hydrogens (primary N) is 1. The number of hydrogen-bond acceptors (Lipinski definition) is 2. The topological polar surface area (TPSA) is 63.3 Å². The van der Waals surface area contributed by atoms with Crippen LogP contribution in [0.5, 0.6) is 0 Å². The lowest BCUT2D eigenvalue weighted by Crippen LogP contribution is -2.32. The number of rotatable bonds is 2. The van der Waals surface area contributed by atoms with E-state index < -0.39 is 11.4 Å². The van der Waals surface area contributed by atoms with Gasteiger partial charge < -0.3 is 10.8 Å². The summed E-state index contributed by atoms with van der Waals surface area (Å²) in [5.41, 5.74) is 4.36. The summed E-state index contributed by atoms with van der Waals surface area (Å²) in [5.74, 6) is -0.847. The first-order valence-corrected chi connectivity index (χ1v) is 2.44. The largest absolute Gasteiger partial charge is 0.481 e. The van der Waals surface area contributed by atoms with Crippen molar-refractivity contribution in [3.63, 3.8) is 0 Å². The van der Waals surface area contributed by atoms with E-state index in [1.807, 2.05) is 0 Å². The van der Waals surface area contributed by atoms with Gasteiger partial charge in [-0.15, -0.1) is 0 Å². The standard InChI is InChI=1S/C5H11NO2/c1-5(2,3-6)4(7)8/h3,6H2,1-2H3,(H,7,8)/i1+2. The van der Waals surface area contributed by atoms with Crippen molar-refractivity contribution in [1.29, 1.82) is 0 Å². The van der Waals surface area contributed by atoms with E-state index in [1.54, 1.807) is 13.8 Å². The van der Waals surface area contributed by atoms with Gasteiger partial charge in [0.25, 0.3) is 0 Å². The summed E-state index contributed by atoms with van der Waals surface area (Å²) in [5, 5.41) is 8.36. The van der Waals surface area contributed by atoms with E-state index in [-0.39, 0.29) is 6.54 Å². The SMILES string of the molecule is CC([14CH3])(CN)C(=O)O. The van der Waals surface area contributed by atoms with Crippen molar-refractivity contribution >= 4 is 5.97 Å². The minimum Gasteiger partial charge on any atom is -0.481 e. The van der Waals surface area contributed by atoms with Gasteiger partial charge in [-0.3, -0.25) is 4.79 Å². The molecule has 0 heterocycles. The quantitative estimate of drug-likeness (QED) is 0.540. The minimum absolute atomic E-state index is 0.183. The Hall–Kier alpha value is -0.570. The molecule has 3 heteroatoms. The fourth-order valence-corrected chi connectivity index (χ4v) is 0.0873. The zero-order valence-electron chi connectivity index (χ0n) is 5.14. The van der Waals surface area contributed by atoms with Crippen molar-refractivity contribution in [2.45, 2.75) is 13.8 Å². The molecule has 0 bridgehead atoms. The van der Waals surface area contributed by atoms with Gasteiger partial charge in [0.1, 0.15) is 0 Å². The second kappa shape index (κ2) is 2.13. The Morgan fingerprint density at radius 1 is 2.00 bits per heavy atom. The van der Waals surface area contributed by atoms with Gasteiger partial charge in [0.2, 0.25) is 0 Å². The molecule has 48 valence electrons. The van der Waals surface area contributed by atoms with E-state index in [2.05, 4.69) is 0 Å². The van der Waals surface area contributed by atoms with Gasteiger partial charge in [-0.2, -0.15) is 0 Å². The summed E-state index contributed by atoms with van der Waals surface area (Å²) in [6, 6.07) is 0. The van der Waals surface area contributed by atoms with Crippen LogP contribution in [0.25, 0.3) is 0 Å². The Labute approximate surface area is 48.5 Å². The fraction of sp³-hybridized carbons (Fsp3) is 0.800. The maximum absolute atomic E-state index is 10.2. The second-order valence-corrected chi connectivity index (χ2v) is 2.39. The summed E-state index contributed by atoms with van der Waals surface area (Å²) >= 11 is 0. The second-order valence-electron chi connectivity index (χ2n) is 2.39. The van der Waals surface area contributed by atoms with Gasteiger partial charge in [-0.05, 0) is 13.8 Å². The molecule has 0 spiro atoms. The zero-order chi connectivity index (χ0) is 6.78. The summed E-state index contributed by atoms with van der Waals surface area (Å²) in [7, 11) is 0. The van der Waals surface area contributed by atoms with E-state index >= 15 is 0 Å². The van der Waals surface area contributed by atoms with Crippen molar-refractivity contribution in [2.75, 3.05) is 6.54 Å². The predicted octanol–water partition coefficient (Wildman–Crippen LogP) is 0.0559. The van der Waals surface area contributed by atoms with Crippen molar-refractivity contribution in [2.24, 2.45) is 11.1 Å². The molecule has 1 atom stereocenters. The third kappa shape index (κ3) is 1.50. The smallest absolute Gasteiger partial charge is 0.310 e. The molecule has 0 aliphatic carbocycles. The van der Waals surface area contributed by atoms with E-state index in [0.717, 1.165) is 0 Å². The molecule has 0 aromatic carbocycles. The molecule has 0 saturated carbocycles. The zero-order valence-corrected chi connectivity index (χ0v) is 5.14. The molecular formula is C5H11NO2. The van der Waals surface area contributed by atoms with E-state index in [4.69, 9.17) is 10.8 Å². The molecule has 0 aromatic rings. The van der Waals surface area contributed by atoms with Crippen LogP contribution in [0.15, 0.2) is 0 Å². The number of carboxylic acids is 1. The van der Waals surface area contributed by atoms with E-state index in [9.17, 15) is 4.79 Å². The number of carbonyl (C=O) groups is 1. The molecular weight excluding hydrogens is 108 g/mol. The van der Waals surface area contributed by atoms with Crippen molar-refractivity contribution in [1.82, 2.24) is 0 Å². The maximum atomic E-state index is 10.2. The number of carboxylic acid groups (broad SMARTS) is 1. The molecule has 3 nitrogen and oxygen atoms in total. The molecule has 0 aliphatic rings. The summed E-state index contributed by atoms with van der Waals surface area (Å²) in [6.45, 7) is 3.37. The van der Waals surface area contributed by atoms with Gasteiger partial charge in [0.05, 0.1) is 5.41 Å². The van der Waals surface area contributed by atoms with Crippen LogP contribution in [0.2, 0.25) is 0 Å². The van der Waals surface area contributed by atoms with Crippen LogP contribution in [-0.2, 0) is 4.79 Å². The van der Waals surface area contributed by atoms with Gasteiger partial charge in [0.15, 0.2) is 0 Å². The molecule has 8 heavy (non-hydrogen) atoms. The van der Waals surface area contributed by atoms with Crippen molar-refractivity contribution in [3.8, 4) is 0 Å². The predicted molar refractivity (Wildman–Crippen MR) is 30.5 cm³/mol. The van der Waals surface area contributed by atoms with Crippen LogP contribution in [-0.4, -0.2) is 17.6 Å². The van der Waals surface area contributed by atoms with Crippen LogP contribution < -0.4 is 5.73 Å². The molecule has 0 radical (unpaired) electrons. The number of hydrogen-bond donors (Lipinski definition) is 2. The molecule has 0 saturated heterocycles. The van der Waals surface area contributed by atoms with E-state index in [1.165, 1.54) is 0 Å². The molecule has 0 aliphatic heterocycles. The molecule has 0 aromatic heterocycles. The highest BCUT2D eigenvalue weighted by molar-refractivity contribution is 5.73. The third-order valence-corrected chi connectivity index (χ3v) is 1.09. The maximum Gasteiger partial charge on any atom is 0.310 e.